The van der Waals surface area contributed by atoms with Crippen LogP contribution in [0, 0.1) is 6.92 Å². The molecule has 4 heterocycles. The molecule has 59 heavy (non-hydrogen) atoms. The molecular weight excluding hydrogens is 750 g/mol. The van der Waals surface area contributed by atoms with Crippen LogP contribution in [0.1, 0.15) is 11.1 Å². The summed E-state index contributed by atoms with van der Waals surface area (Å²) in [6.07, 6.45) is -4.49. The summed E-state index contributed by atoms with van der Waals surface area (Å²) < 4.78 is 57.7. The third-order valence-electron chi connectivity index (χ3n) is 10.8. The predicted molar refractivity (Wildman–Crippen MR) is 222 cm³/mol. The minimum Gasteiger partial charge on any atom is -0.416 e. The lowest BCUT2D eigenvalue weighted by molar-refractivity contribution is -0.137. The van der Waals surface area contributed by atoms with Gasteiger partial charge in [-0.2, -0.15) is 13.2 Å². The lowest BCUT2D eigenvalue weighted by atomic mass is 10.0. The molecule has 0 bridgehead atoms. The quantitative estimate of drug-likeness (QED) is 0.167. The summed E-state index contributed by atoms with van der Waals surface area (Å²) in [6.45, 7) is 2.01. The average Bonchev–Trinajstić information content (AvgIpc) is 4.08. The van der Waals surface area contributed by atoms with E-state index in [9.17, 15) is 13.2 Å². The van der Waals surface area contributed by atoms with Crippen LogP contribution in [0.3, 0.4) is 0 Å². The lowest BCUT2D eigenvalue weighted by Gasteiger charge is -2.19. The topological polar surface area (TPSA) is 87.7 Å². The molecule has 11 aromatic rings. The minimum atomic E-state index is -4.49. The van der Waals surface area contributed by atoms with Crippen LogP contribution in [0.4, 0.5) is 13.2 Å². The highest BCUT2D eigenvalue weighted by atomic mass is 19.4. The van der Waals surface area contributed by atoms with Crippen molar-refractivity contribution in [2.45, 2.75) is 13.1 Å². The van der Waals surface area contributed by atoms with Crippen LogP contribution in [-0.2, 0) is 6.18 Å². The zero-order valence-electron chi connectivity index (χ0n) is 31.1. The van der Waals surface area contributed by atoms with E-state index in [4.69, 9.17) is 8.83 Å². The van der Waals surface area contributed by atoms with E-state index in [0.29, 0.717) is 22.6 Å². The molecule has 0 amide bonds. The second-order valence-corrected chi connectivity index (χ2v) is 14.4. The van der Waals surface area contributed by atoms with Crippen molar-refractivity contribution in [3.05, 3.63) is 169 Å². The second kappa shape index (κ2) is 13.1. The van der Waals surface area contributed by atoms with Gasteiger partial charge in [-0.15, -0.1) is 20.4 Å². The van der Waals surface area contributed by atoms with Crippen LogP contribution in [0.15, 0.2) is 167 Å². The molecule has 0 radical (unpaired) electrons. The van der Waals surface area contributed by atoms with Gasteiger partial charge in [-0.1, -0.05) is 90.5 Å². The molecule has 0 fully saturated rings. The molecule has 0 aliphatic rings. The molecule has 0 atom stereocenters. The molecule has 8 nitrogen and oxygen atoms in total. The average molecular weight is 779 g/mol. The summed E-state index contributed by atoms with van der Waals surface area (Å²) >= 11 is 0. The number of para-hydroxylation sites is 4. The monoisotopic (exact) mass is 778 g/mol. The predicted octanol–water partition coefficient (Wildman–Crippen LogP) is 12.6. The first-order valence-corrected chi connectivity index (χ1v) is 18.9. The molecule has 0 saturated carbocycles. The molecular formula is C48H29F3N6O2. The number of benzene rings is 7. The van der Waals surface area contributed by atoms with E-state index in [1.54, 1.807) is 0 Å². The number of rotatable bonds is 6. The Labute approximate surface area is 333 Å². The van der Waals surface area contributed by atoms with Crippen molar-refractivity contribution in [3.8, 4) is 57.2 Å². The largest absolute Gasteiger partial charge is 0.416 e. The number of hydrogen-bond donors (Lipinski definition) is 0. The van der Waals surface area contributed by atoms with Crippen LogP contribution < -0.4 is 0 Å². The normalized spacial score (nSPS) is 12.1. The van der Waals surface area contributed by atoms with Crippen molar-refractivity contribution in [1.82, 2.24) is 29.5 Å². The highest BCUT2D eigenvalue weighted by molar-refractivity contribution is 6.12. The number of alkyl halides is 3. The van der Waals surface area contributed by atoms with Crippen LogP contribution in [0.5, 0.6) is 0 Å². The molecule has 11 rings (SSSR count). The van der Waals surface area contributed by atoms with Gasteiger partial charge in [0, 0.05) is 32.7 Å². The maximum Gasteiger partial charge on any atom is 0.416 e. The Hall–Kier alpha value is -7.79. The maximum atomic E-state index is 13.5. The first-order valence-electron chi connectivity index (χ1n) is 18.9. The van der Waals surface area contributed by atoms with E-state index in [-0.39, 0.29) is 17.7 Å². The molecule has 0 saturated heterocycles. The third kappa shape index (κ3) is 5.61. The van der Waals surface area contributed by atoms with Crippen molar-refractivity contribution < 1.29 is 22.0 Å². The minimum absolute atomic E-state index is 0.0513. The maximum absolute atomic E-state index is 13.5. The first kappa shape index (κ1) is 34.5. The lowest BCUT2D eigenvalue weighted by Crippen LogP contribution is -2.05. The number of aromatic nitrogens is 6. The number of fused-ring (bicyclic) bond motifs is 6. The van der Waals surface area contributed by atoms with Gasteiger partial charge in [0.05, 0.1) is 50.1 Å². The fraction of sp³-hybridized carbons (Fsp3) is 0.0417. The molecule has 11 heteroatoms. The zero-order chi connectivity index (χ0) is 39.8. The molecule has 0 spiro atoms. The highest BCUT2D eigenvalue weighted by Crippen LogP contribution is 2.44. The van der Waals surface area contributed by atoms with E-state index < -0.39 is 11.7 Å². The molecule has 0 unspecified atom stereocenters. The van der Waals surface area contributed by atoms with E-state index >= 15 is 0 Å². The smallest absolute Gasteiger partial charge is 0.416 e. The molecule has 284 valence electrons. The van der Waals surface area contributed by atoms with Gasteiger partial charge in [0.15, 0.2) is 0 Å². The Balaban J connectivity index is 1.23. The van der Waals surface area contributed by atoms with E-state index in [1.807, 2.05) is 91.9 Å². The zero-order valence-corrected chi connectivity index (χ0v) is 31.1. The van der Waals surface area contributed by atoms with Crippen molar-refractivity contribution in [2.24, 2.45) is 0 Å². The van der Waals surface area contributed by atoms with Crippen molar-refractivity contribution in [1.29, 1.82) is 0 Å². The van der Waals surface area contributed by atoms with Crippen molar-refractivity contribution in [3.63, 3.8) is 0 Å². The Morgan fingerprint density at radius 3 is 1.14 bits per heavy atom. The second-order valence-electron chi connectivity index (χ2n) is 14.4. The molecule has 4 aromatic heterocycles. The number of hydrogen-bond acceptors (Lipinski definition) is 6. The fourth-order valence-electron chi connectivity index (χ4n) is 8.05. The Bertz CT molecular complexity index is 3290. The summed E-state index contributed by atoms with van der Waals surface area (Å²) in [6, 6.07) is 49.6. The van der Waals surface area contributed by atoms with Gasteiger partial charge >= 0.3 is 6.18 Å². The summed E-state index contributed by atoms with van der Waals surface area (Å²) in [5.74, 6) is 0.698. The summed E-state index contributed by atoms with van der Waals surface area (Å²) in [5.41, 5.74) is 7.93. The van der Waals surface area contributed by atoms with Crippen molar-refractivity contribution in [2.75, 3.05) is 0 Å². The SMILES string of the molecule is Cc1ccc(-c2nnc(-c3cc(-n4c5ccccc5c5ccccc54)c(-n4c5ccccc5c5ccccc54)cc3-c3nnc(-c4ccc(C(F)(F)F)cc4)o3)o2)cc1. The highest BCUT2D eigenvalue weighted by Gasteiger charge is 2.31. The van der Waals surface area contributed by atoms with E-state index in [1.165, 1.54) is 12.1 Å². The van der Waals surface area contributed by atoms with Gasteiger partial charge in [0.2, 0.25) is 23.6 Å². The van der Waals surface area contributed by atoms with Crippen LogP contribution in [0.25, 0.3) is 101 Å². The summed E-state index contributed by atoms with van der Waals surface area (Å²) in [7, 11) is 0. The molecule has 0 N–H and O–H groups in total. The number of halogens is 3. The molecule has 0 aliphatic heterocycles. The molecule has 0 aliphatic carbocycles. The summed E-state index contributed by atoms with van der Waals surface area (Å²) in [4.78, 5) is 0. The van der Waals surface area contributed by atoms with Gasteiger partial charge in [-0.25, -0.2) is 0 Å². The van der Waals surface area contributed by atoms with Gasteiger partial charge in [0.25, 0.3) is 0 Å². The van der Waals surface area contributed by atoms with E-state index in [2.05, 4.69) is 78.1 Å². The summed E-state index contributed by atoms with van der Waals surface area (Å²) in [5, 5.41) is 22.2. The third-order valence-corrected chi connectivity index (χ3v) is 10.8. The van der Waals surface area contributed by atoms with Gasteiger partial charge in [0.1, 0.15) is 0 Å². The standard InChI is InChI=1S/C48H29F3N6O2/c1-28-18-20-29(21-19-28)44-52-54-46(58-44)36-26-42(56-38-14-6-2-10-32(38)33-11-3-7-15-39(33)56)43(57-40-16-8-4-12-34(40)35-13-5-9-17-41(35)57)27-37(36)47-55-53-45(59-47)30-22-24-31(25-23-30)48(49,50)51/h2-27H,1H3. The number of aryl methyl sites for hydroxylation is 1. The van der Waals surface area contributed by atoms with Gasteiger partial charge < -0.3 is 18.0 Å². The van der Waals surface area contributed by atoms with Crippen LogP contribution in [0.2, 0.25) is 0 Å². The first-order chi connectivity index (χ1) is 28.8. The van der Waals surface area contributed by atoms with Crippen molar-refractivity contribution >= 4 is 43.6 Å². The Kier molecular flexibility index (Phi) is 7.67. The Morgan fingerprint density at radius 1 is 0.424 bits per heavy atom. The van der Waals surface area contributed by atoms with Gasteiger partial charge in [-0.05, 0) is 79.7 Å². The fourth-order valence-corrected chi connectivity index (χ4v) is 8.05. The number of nitrogens with zero attached hydrogens (tertiary/aromatic N) is 6. The van der Waals surface area contributed by atoms with Crippen LogP contribution in [-0.4, -0.2) is 29.5 Å². The van der Waals surface area contributed by atoms with Crippen LogP contribution >= 0.6 is 0 Å². The van der Waals surface area contributed by atoms with E-state index in [0.717, 1.165) is 78.2 Å². The molecule has 7 aromatic carbocycles. The van der Waals surface area contributed by atoms with Gasteiger partial charge in [-0.3, -0.25) is 0 Å². The Morgan fingerprint density at radius 2 is 0.763 bits per heavy atom.